The van der Waals surface area contributed by atoms with Crippen LogP contribution in [0.25, 0.3) is 0 Å². The van der Waals surface area contributed by atoms with Crippen molar-refractivity contribution in [2.24, 2.45) is 5.92 Å². The van der Waals surface area contributed by atoms with Gasteiger partial charge in [-0.05, 0) is 31.9 Å². The van der Waals surface area contributed by atoms with Gasteiger partial charge in [0.05, 0.1) is 19.5 Å². The smallest absolute Gasteiger partial charge is 0.155 e. The van der Waals surface area contributed by atoms with E-state index < -0.39 is 0 Å². The van der Waals surface area contributed by atoms with Gasteiger partial charge in [-0.1, -0.05) is 6.92 Å². The highest BCUT2D eigenvalue weighted by molar-refractivity contribution is 5.87. The lowest BCUT2D eigenvalue weighted by atomic mass is 9.92. The van der Waals surface area contributed by atoms with E-state index in [0.717, 1.165) is 0 Å². The zero-order chi connectivity index (χ0) is 16.2. The van der Waals surface area contributed by atoms with Crippen LogP contribution in [0.1, 0.15) is 30.5 Å². The number of hydrogen-bond donors (Lipinski definition) is 3. The van der Waals surface area contributed by atoms with Crippen molar-refractivity contribution in [1.29, 1.82) is 0 Å². The molecule has 0 heterocycles. The number of phenolic OH excluding ortho intramolecular Hbond substituents is 1. The molecule has 0 aliphatic carbocycles. The molecule has 116 valence electrons. The highest BCUT2D eigenvalue weighted by atomic mass is 16.5. The molecule has 1 atom stereocenters. The van der Waals surface area contributed by atoms with Crippen LogP contribution < -0.4 is 4.74 Å². The Balaban J connectivity index is 3.23. The number of rotatable bonds is 6. The molecule has 0 saturated heterocycles. The summed E-state index contributed by atoms with van der Waals surface area (Å²) in [7, 11) is 1.49. The van der Waals surface area contributed by atoms with Gasteiger partial charge in [0.15, 0.2) is 5.78 Å². The minimum absolute atomic E-state index is 0.0147. The van der Waals surface area contributed by atoms with Crippen molar-refractivity contribution >= 4 is 5.78 Å². The van der Waals surface area contributed by atoms with E-state index in [1.807, 2.05) is 0 Å². The molecule has 1 unspecified atom stereocenters. The SMILES string of the molecule is COc1c(C)c(O)cc(CO)c1CC(C)/C(O)=C/C(C)=O. The zero-order valence-electron chi connectivity index (χ0n) is 12.8. The Morgan fingerprint density at radius 3 is 2.57 bits per heavy atom. The second kappa shape index (κ2) is 7.13. The average molecular weight is 294 g/mol. The van der Waals surface area contributed by atoms with Crippen LogP contribution in [0.15, 0.2) is 17.9 Å². The van der Waals surface area contributed by atoms with Crippen molar-refractivity contribution in [2.75, 3.05) is 7.11 Å². The summed E-state index contributed by atoms with van der Waals surface area (Å²) < 4.78 is 5.32. The summed E-state index contributed by atoms with van der Waals surface area (Å²) in [6.45, 7) is 4.61. The van der Waals surface area contributed by atoms with Crippen molar-refractivity contribution in [3.8, 4) is 11.5 Å². The van der Waals surface area contributed by atoms with E-state index in [1.54, 1.807) is 13.8 Å². The topological polar surface area (TPSA) is 87.0 Å². The summed E-state index contributed by atoms with van der Waals surface area (Å²) in [6.07, 6.45) is 1.57. The van der Waals surface area contributed by atoms with E-state index in [1.165, 1.54) is 26.2 Å². The van der Waals surface area contributed by atoms with Crippen molar-refractivity contribution in [2.45, 2.75) is 33.8 Å². The molecule has 5 heteroatoms. The van der Waals surface area contributed by atoms with Gasteiger partial charge in [-0.2, -0.15) is 0 Å². The summed E-state index contributed by atoms with van der Waals surface area (Å²) in [5, 5.41) is 29.2. The predicted molar refractivity (Wildman–Crippen MR) is 79.6 cm³/mol. The number of aliphatic hydroxyl groups excluding tert-OH is 2. The molecule has 0 amide bonds. The number of carbonyl (C=O) groups is 1. The Hall–Kier alpha value is -2.01. The first-order chi connectivity index (χ1) is 9.81. The fourth-order valence-corrected chi connectivity index (χ4v) is 2.25. The molecular weight excluding hydrogens is 272 g/mol. The van der Waals surface area contributed by atoms with Gasteiger partial charge in [0, 0.05) is 23.1 Å². The first-order valence-corrected chi connectivity index (χ1v) is 6.72. The standard InChI is InChI=1S/C16H22O5/c1-9(14(19)6-10(2)18)5-13-12(8-17)7-15(20)11(3)16(13)21-4/h6-7,9,17,19-20H,5,8H2,1-4H3/b14-6-. The lowest BCUT2D eigenvalue weighted by Gasteiger charge is -2.19. The van der Waals surface area contributed by atoms with Crippen LogP contribution in [0.3, 0.4) is 0 Å². The fraction of sp³-hybridized carbons (Fsp3) is 0.438. The number of ether oxygens (including phenoxy) is 1. The van der Waals surface area contributed by atoms with Crippen LogP contribution >= 0.6 is 0 Å². The number of benzene rings is 1. The van der Waals surface area contributed by atoms with Gasteiger partial charge in [-0.25, -0.2) is 0 Å². The van der Waals surface area contributed by atoms with E-state index in [4.69, 9.17) is 4.74 Å². The number of carbonyl (C=O) groups excluding carboxylic acids is 1. The van der Waals surface area contributed by atoms with Crippen LogP contribution in [0.5, 0.6) is 11.5 Å². The normalized spacial score (nSPS) is 13.1. The molecular formula is C16H22O5. The molecule has 0 saturated carbocycles. The van der Waals surface area contributed by atoms with E-state index in [0.29, 0.717) is 28.9 Å². The van der Waals surface area contributed by atoms with Gasteiger partial charge in [-0.3, -0.25) is 4.79 Å². The van der Waals surface area contributed by atoms with Crippen molar-refractivity contribution in [3.63, 3.8) is 0 Å². The Bertz CT molecular complexity index is 560. The Labute approximate surface area is 124 Å². The van der Waals surface area contributed by atoms with E-state index in [-0.39, 0.29) is 29.8 Å². The quantitative estimate of drug-likeness (QED) is 0.554. The molecule has 0 spiro atoms. The molecule has 3 N–H and O–H groups in total. The van der Waals surface area contributed by atoms with Gasteiger partial charge in [0.2, 0.25) is 0 Å². The third kappa shape index (κ3) is 3.98. The third-order valence-corrected chi connectivity index (χ3v) is 3.44. The molecule has 0 aliphatic rings. The molecule has 0 bridgehead atoms. The molecule has 0 radical (unpaired) electrons. The van der Waals surface area contributed by atoms with Gasteiger partial charge >= 0.3 is 0 Å². The summed E-state index contributed by atoms with van der Waals surface area (Å²) in [4.78, 5) is 11.0. The van der Waals surface area contributed by atoms with Gasteiger partial charge < -0.3 is 20.1 Å². The van der Waals surface area contributed by atoms with E-state index >= 15 is 0 Å². The van der Waals surface area contributed by atoms with Crippen LogP contribution in [0, 0.1) is 12.8 Å². The molecule has 0 aliphatic heterocycles. The lowest BCUT2D eigenvalue weighted by molar-refractivity contribution is -0.112. The first-order valence-electron chi connectivity index (χ1n) is 6.72. The lowest BCUT2D eigenvalue weighted by Crippen LogP contribution is -2.09. The minimum atomic E-state index is -0.308. The van der Waals surface area contributed by atoms with Crippen LogP contribution in [0.4, 0.5) is 0 Å². The average Bonchev–Trinajstić information content (AvgIpc) is 2.42. The van der Waals surface area contributed by atoms with E-state index in [2.05, 4.69) is 0 Å². The maximum atomic E-state index is 11.0. The van der Waals surface area contributed by atoms with Gasteiger partial charge in [0.1, 0.15) is 11.5 Å². The second-order valence-corrected chi connectivity index (χ2v) is 5.13. The van der Waals surface area contributed by atoms with Crippen LogP contribution in [0.2, 0.25) is 0 Å². The molecule has 0 aromatic heterocycles. The summed E-state index contributed by atoms with van der Waals surface area (Å²) in [5.74, 6) is -0.0101. The summed E-state index contributed by atoms with van der Waals surface area (Å²) in [5.41, 5.74) is 1.83. The largest absolute Gasteiger partial charge is 0.512 e. The molecule has 1 aromatic rings. The predicted octanol–water partition coefficient (Wildman–Crippen LogP) is 2.41. The fourth-order valence-electron chi connectivity index (χ4n) is 2.25. The number of hydrogen-bond acceptors (Lipinski definition) is 5. The number of methoxy groups -OCH3 is 1. The highest BCUT2D eigenvalue weighted by Crippen LogP contribution is 2.36. The Kier molecular flexibility index (Phi) is 5.79. The zero-order valence-corrected chi connectivity index (χ0v) is 12.8. The Morgan fingerprint density at radius 1 is 1.48 bits per heavy atom. The summed E-state index contributed by atoms with van der Waals surface area (Å²) in [6, 6.07) is 1.49. The second-order valence-electron chi connectivity index (χ2n) is 5.13. The number of phenols is 1. The van der Waals surface area contributed by atoms with Crippen molar-refractivity contribution in [3.05, 3.63) is 34.6 Å². The van der Waals surface area contributed by atoms with Crippen LogP contribution in [-0.2, 0) is 17.8 Å². The molecule has 5 nitrogen and oxygen atoms in total. The number of ketones is 1. The summed E-state index contributed by atoms with van der Waals surface area (Å²) >= 11 is 0. The minimum Gasteiger partial charge on any atom is -0.512 e. The van der Waals surface area contributed by atoms with Gasteiger partial charge in [-0.15, -0.1) is 0 Å². The third-order valence-electron chi connectivity index (χ3n) is 3.44. The van der Waals surface area contributed by atoms with E-state index in [9.17, 15) is 20.1 Å². The van der Waals surface area contributed by atoms with Crippen molar-refractivity contribution in [1.82, 2.24) is 0 Å². The molecule has 1 aromatic carbocycles. The maximum absolute atomic E-state index is 11.0. The highest BCUT2D eigenvalue weighted by Gasteiger charge is 2.19. The van der Waals surface area contributed by atoms with Crippen LogP contribution in [-0.4, -0.2) is 28.2 Å². The number of allylic oxidation sites excluding steroid dienone is 2. The van der Waals surface area contributed by atoms with Gasteiger partial charge in [0.25, 0.3) is 0 Å². The molecule has 1 rings (SSSR count). The molecule has 0 fully saturated rings. The number of aromatic hydroxyl groups is 1. The Morgan fingerprint density at radius 2 is 2.10 bits per heavy atom. The number of aliphatic hydroxyl groups is 2. The van der Waals surface area contributed by atoms with Crippen molar-refractivity contribution < 1.29 is 24.9 Å². The first kappa shape index (κ1) is 17.0. The molecule has 21 heavy (non-hydrogen) atoms. The maximum Gasteiger partial charge on any atom is 0.155 e. The monoisotopic (exact) mass is 294 g/mol.